The third-order valence-electron chi connectivity index (χ3n) is 20.3. The Balaban J connectivity index is 0.000000144. The van der Waals surface area contributed by atoms with E-state index < -0.39 is 16.7 Å². The topological polar surface area (TPSA) is 191 Å². The lowest BCUT2D eigenvalue weighted by molar-refractivity contribution is 0.117. The Morgan fingerprint density at radius 2 is 0.734 bits per heavy atom. The fourth-order valence-electron chi connectivity index (χ4n) is 14.5. The normalized spacial score (nSPS) is 12.6. The minimum absolute atomic E-state index is 0.0948. The van der Waals surface area contributed by atoms with Gasteiger partial charge in [0.15, 0.2) is 22.7 Å². The van der Waals surface area contributed by atoms with Crippen molar-refractivity contribution in [2.45, 2.75) is 16.7 Å². The monoisotopic (exact) mass is 1420 g/mol. The third-order valence-corrected chi connectivity index (χ3v) is 20.3. The van der Waals surface area contributed by atoms with E-state index in [4.69, 9.17) is 44.7 Å². The Morgan fingerprint density at radius 3 is 1.10 bits per heavy atom. The molecule has 0 aliphatic heterocycles. The molecule has 109 heavy (non-hydrogen) atoms. The number of hydrogen-bond donors (Lipinski definition) is 3. The lowest BCUT2D eigenvalue weighted by Crippen LogP contribution is -2.43. The van der Waals surface area contributed by atoms with Gasteiger partial charge in [0, 0.05) is 93.3 Å². The van der Waals surface area contributed by atoms with Crippen molar-refractivity contribution in [2.75, 3.05) is 7.05 Å². The largest absolute Gasteiger partial charge is 0.374 e. The van der Waals surface area contributed by atoms with Gasteiger partial charge in [0.05, 0.1) is 90.9 Å². The SMILES string of the molecule is [C-]#[N+]c1ccc([C@@](N)(c2ccc3c(c2)c(-c2cccc(C#C)c2)cc(=O)n3C)c2cncn2C)cc1.[C-]#[N+]c1ccc([C@@](NC)(c2ccc3c(c2)c(-c2cccc(C#C)c2)cc(=O)n3C)c2cncn2C)cc1.[C-]#[N+]c1ccc([C@@](O)(c2ccc3c(c2)c(-c2cccc(C#C)c2)cc(=O)n3C)c2cncn2C)cc1. The summed E-state index contributed by atoms with van der Waals surface area (Å²) in [6.45, 7) is 22.0. The smallest absolute Gasteiger partial charge is 0.251 e. The minimum Gasteiger partial charge on any atom is -0.374 e. The number of hydrogen-bond acceptors (Lipinski definition) is 9. The number of aryl methyl sites for hydroxylation is 6. The van der Waals surface area contributed by atoms with Crippen LogP contribution in [0.2, 0.25) is 0 Å². The molecule has 528 valence electrons. The summed E-state index contributed by atoms with van der Waals surface area (Å²) in [5.74, 6) is 8.00. The Kier molecular flexibility index (Phi) is 19.8. The molecule has 0 spiro atoms. The van der Waals surface area contributed by atoms with Gasteiger partial charge in [0.2, 0.25) is 0 Å². The maximum absolute atomic E-state index is 12.9. The van der Waals surface area contributed by atoms with Crippen molar-refractivity contribution in [3.05, 3.63) is 388 Å². The fourth-order valence-corrected chi connectivity index (χ4v) is 14.5. The average Bonchev–Trinajstić information content (AvgIpc) is 1.72. The molecule has 6 aromatic heterocycles. The van der Waals surface area contributed by atoms with E-state index in [-0.39, 0.29) is 16.7 Å². The number of imidazole rings is 3. The van der Waals surface area contributed by atoms with Crippen LogP contribution in [0.4, 0.5) is 17.1 Å². The number of rotatable bonds is 13. The van der Waals surface area contributed by atoms with E-state index in [0.717, 1.165) is 111 Å². The van der Waals surface area contributed by atoms with E-state index in [9.17, 15) is 19.5 Å². The van der Waals surface area contributed by atoms with Crippen LogP contribution in [0.1, 0.15) is 67.2 Å². The number of nitrogens with two attached hydrogens (primary N) is 1. The summed E-state index contributed by atoms with van der Waals surface area (Å²) in [6.07, 6.45) is 27.3. The second kappa shape index (κ2) is 29.8. The van der Waals surface area contributed by atoms with Crippen molar-refractivity contribution in [3.63, 3.8) is 0 Å². The van der Waals surface area contributed by atoms with E-state index >= 15 is 0 Å². The van der Waals surface area contributed by atoms with E-state index in [1.807, 2.05) is 201 Å². The van der Waals surface area contributed by atoms with Gasteiger partial charge in [-0.1, -0.05) is 145 Å². The van der Waals surface area contributed by atoms with Crippen molar-refractivity contribution in [3.8, 4) is 70.4 Å². The minimum atomic E-state index is -1.56. The predicted octanol–water partition coefficient (Wildman–Crippen LogP) is 14.5. The van der Waals surface area contributed by atoms with Crippen LogP contribution in [0.25, 0.3) is 80.6 Å². The average molecular weight is 1420 g/mol. The first kappa shape index (κ1) is 72.6. The number of nitrogens with zero attached hydrogens (tertiary/aromatic N) is 12. The highest BCUT2D eigenvalue weighted by molar-refractivity contribution is 5.98. The molecule has 15 rings (SSSR count). The molecule has 15 aromatic rings. The number of benzene rings is 9. The summed E-state index contributed by atoms with van der Waals surface area (Å²) < 4.78 is 10.5. The maximum Gasteiger partial charge on any atom is 0.251 e. The van der Waals surface area contributed by atoms with Crippen molar-refractivity contribution in [1.29, 1.82) is 0 Å². The maximum atomic E-state index is 12.9. The lowest BCUT2D eigenvalue weighted by Gasteiger charge is -2.35. The van der Waals surface area contributed by atoms with Gasteiger partial charge < -0.3 is 43.6 Å². The third kappa shape index (κ3) is 13.1. The molecular formula is C91H70N14O4. The molecule has 4 N–H and O–H groups in total. The van der Waals surface area contributed by atoms with Gasteiger partial charge in [-0.2, -0.15) is 0 Å². The van der Waals surface area contributed by atoms with Crippen molar-refractivity contribution >= 4 is 49.8 Å². The lowest BCUT2D eigenvalue weighted by atomic mass is 9.79. The van der Waals surface area contributed by atoms with Gasteiger partial charge in [-0.05, 0) is 147 Å². The van der Waals surface area contributed by atoms with E-state index in [2.05, 4.69) is 58.6 Å². The highest BCUT2D eigenvalue weighted by Crippen LogP contribution is 2.44. The summed E-state index contributed by atoms with van der Waals surface area (Å²) in [5, 5.41) is 18.5. The van der Waals surface area contributed by atoms with Gasteiger partial charge in [-0.15, -0.1) is 19.3 Å². The Morgan fingerprint density at radius 1 is 0.404 bits per heavy atom. The number of nitrogens with one attached hydrogen (secondary N) is 1. The van der Waals surface area contributed by atoms with Crippen LogP contribution >= 0.6 is 0 Å². The highest BCUT2D eigenvalue weighted by atomic mass is 16.3. The van der Waals surface area contributed by atoms with Gasteiger partial charge in [-0.3, -0.25) is 14.4 Å². The second-order valence-corrected chi connectivity index (χ2v) is 26.4. The van der Waals surface area contributed by atoms with Crippen LogP contribution in [0.5, 0.6) is 0 Å². The van der Waals surface area contributed by atoms with Crippen LogP contribution in [0, 0.1) is 56.7 Å². The summed E-state index contributed by atoms with van der Waals surface area (Å²) in [5.41, 5.74) is 21.6. The molecule has 0 amide bonds. The Hall–Kier alpha value is -14.7. The highest BCUT2D eigenvalue weighted by Gasteiger charge is 2.40. The van der Waals surface area contributed by atoms with Gasteiger partial charge in [0.1, 0.15) is 11.1 Å². The summed E-state index contributed by atoms with van der Waals surface area (Å²) >= 11 is 0. The van der Waals surface area contributed by atoms with E-state index in [0.29, 0.717) is 39.4 Å². The van der Waals surface area contributed by atoms with Gasteiger partial charge in [-0.25, -0.2) is 29.5 Å². The first-order valence-electron chi connectivity index (χ1n) is 34.3. The molecular weight excluding hydrogens is 1350 g/mol. The van der Waals surface area contributed by atoms with Crippen molar-refractivity contribution in [2.24, 2.45) is 48.0 Å². The summed E-state index contributed by atoms with van der Waals surface area (Å²) in [7, 11) is 12.9. The molecule has 0 bridgehead atoms. The van der Waals surface area contributed by atoms with E-state index in [1.165, 1.54) is 0 Å². The number of fused-ring (bicyclic) bond motifs is 3. The molecule has 0 saturated carbocycles. The second-order valence-electron chi connectivity index (χ2n) is 26.4. The van der Waals surface area contributed by atoms with Crippen molar-refractivity contribution in [1.82, 2.24) is 47.7 Å². The molecule has 0 saturated heterocycles. The number of aromatic nitrogens is 9. The first-order valence-corrected chi connectivity index (χ1v) is 34.3. The molecule has 0 unspecified atom stereocenters. The van der Waals surface area contributed by atoms with Gasteiger partial charge in [0.25, 0.3) is 16.7 Å². The van der Waals surface area contributed by atoms with Crippen LogP contribution < -0.4 is 27.7 Å². The molecule has 0 aliphatic rings. The fraction of sp³-hybridized carbons (Fsp3) is 0.110. The van der Waals surface area contributed by atoms with Crippen LogP contribution in [0.3, 0.4) is 0 Å². The number of terminal acetylenes is 3. The zero-order valence-corrected chi connectivity index (χ0v) is 60.6. The molecule has 3 atom stereocenters. The predicted molar refractivity (Wildman–Crippen MR) is 431 cm³/mol. The summed E-state index contributed by atoms with van der Waals surface area (Å²) in [6, 6.07) is 67.0. The van der Waals surface area contributed by atoms with Crippen LogP contribution in [-0.4, -0.2) is 54.5 Å². The number of aliphatic hydroxyl groups is 1. The van der Waals surface area contributed by atoms with Crippen LogP contribution in [0.15, 0.2) is 270 Å². The molecule has 6 heterocycles. The number of pyridine rings is 3. The molecule has 0 radical (unpaired) electrons. The Bertz CT molecular complexity index is 6300. The molecule has 18 heteroatoms. The quantitative estimate of drug-likeness (QED) is 0.0745. The zero-order valence-electron chi connectivity index (χ0n) is 60.6. The first-order chi connectivity index (χ1) is 52.6. The Labute approximate surface area is 629 Å². The van der Waals surface area contributed by atoms with Gasteiger partial charge >= 0.3 is 0 Å². The van der Waals surface area contributed by atoms with Crippen LogP contribution in [-0.2, 0) is 59.0 Å². The molecule has 0 fully saturated rings. The zero-order chi connectivity index (χ0) is 77.1. The standard InChI is InChI=1S/C31H25N5O.C30H23N5O.C30H22N4O2/c1-6-21-8-7-9-22(16-21)26-18-30(37)36(5)28-15-12-24(17-27(26)28)31(33-3,29-19-34-20-35(29)4)23-10-13-25(32-2)14-11-23;1-5-20-7-6-8-21(15-20)25-17-29(36)35(4)27-14-11-23(16-26(25)27)30(31,28-18-33-19-34(28)3)22-9-12-24(32-2)13-10-22;1-5-20-7-6-8-21(15-20)25-17-29(35)34(4)27-14-11-23(16-26(25)27)30(36,28-18-32-19-33(28)3)22-9-12-24(31-2)13-10-22/h1,7-20,33H,3-5H3;1,6-19H,31H2,3-4H3;1,6-19,36H,3-4H3/t31-;2*30-/m111/s1. The summed E-state index contributed by atoms with van der Waals surface area (Å²) in [4.78, 5) is 62.0. The molecule has 18 nitrogen and oxygen atoms in total. The molecule has 0 aliphatic carbocycles. The van der Waals surface area contributed by atoms with E-state index in [1.54, 1.807) is 125 Å². The molecule has 9 aromatic carbocycles. The van der Waals surface area contributed by atoms with Crippen molar-refractivity contribution < 1.29 is 5.11 Å².